The van der Waals surface area contributed by atoms with E-state index in [1.165, 1.54) is 0 Å². The number of alkyl carbamates (subject to hydrolysis) is 1. The topological polar surface area (TPSA) is 113 Å². The lowest BCUT2D eigenvalue weighted by atomic mass is 10.2. The fourth-order valence-corrected chi connectivity index (χ4v) is 0.801. The Morgan fingerprint density at radius 2 is 1.81 bits per heavy atom. The second-order valence-electron chi connectivity index (χ2n) is 3.63. The monoisotopic (exact) mass is 233 g/mol. The largest absolute Gasteiger partial charge is 0.481 e. The van der Waals surface area contributed by atoms with Crippen LogP contribution in [0.1, 0.15) is 20.3 Å². The van der Waals surface area contributed by atoms with Gasteiger partial charge in [0, 0.05) is 0 Å². The third-order valence-electron chi connectivity index (χ3n) is 1.52. The van der Waals surface area contributed by atoms with E-state index < -0.39 is 30.5 Å². The van der Waals surface area contributed by atoms with E-state index in [1.54, 1.807) is 0 Å². The summed E-state index contributed by atoms with van der Waals surface area (Å²) in [5, 5.41) is 19.0. The van der Waals surface area contributed by atoms with Crippen LogP contribution in [-0.4, -0.2) is 40.9 Å². The second kappa shape index (κ2) is 6.65. The Kier molecular flexibility index (Phi) is 5.91. The standard InChI is InChI=1S/C9H15NO6/c1-5(2)4-16-9(15)10-6(8(13)14)3-7(11)12/h5-6H,3-4H2,1-2H3,(H,10,15)(H,11,12)(H,13,14). The molecule has 0 saturated heterocycles. The van der Waals surface area contributed by atoms with E-state index in [1.807, 2.05) is 19.2 Å². The van der Waals surface area contributed by atoms with Gasteiger partial charge in [-0.15, -0.1) is 0 Å². The fraction of sp³-hybridized carbons (Fsp3) is 0.667. The molecular formula is C9H15NO6. The van der Waals surface area contributed by atoms with E-state index in [4.69, 9.17) is 10.2 Å². The minimum Gasteiger partial charge on any atom is -0.481 e. The molecule has 0 radical (unpaired) electrons. The highest BCUT2D eigenvalue weighted by atomic mass is 16.5. The van der Waals surface area contributed by atoms with Crippen molar-refractivity contribution in [1.29, 1.82) is 0 Å². The molecule has 7 nitrogen and oxygen atoms in total. The third-order valence-corrected chi connectivity index (χ3v) is 1.52. The van der Waals surface area contributed by atoms with Gasteiger partial charge < -0.3 is 20.3 Å². The first kappa shape index (κ1) is 14.2. The summed E-state index contributed by atoms with van der Waals surface area (Å²) in [5.74, 6) is -2.60. The van der Waals surface area contributed by atoms with Gasteiger partial charge in [-0.1, -0.05) is 13.8 Å². The molecule has 0 spiro atoms. The number of hydrogen-bond donors (Lipinski definition) is 3. The van der Waals surface area contributed by atoms with Crippen LogP contribution in [0.5, 0.6) is 0 Å². The average molecular weight is 233 g/mol. The van der Waals surface area contributed by atoms with Crippen molar-refractivity contribution in [2.24, 2.45) is 5.92 Å². The highest BCUT2D eigenvalue weighted by molar-refractivity contribution is 5.84. The van der Waals surface area contributed by atoms with Crippen LogP contribution in [0.3, 0.4) is 0 Å². The average Bonchev–Trinajstić information content (AvgIpc) is 2.12. The van der Waals surface area contributed by atoms with Crippen molar-refractivity contribution in [3.63, 3.8) is 0 Å². The molecule has 0 fully saturated rings. The molecule has 0 aliphatic carbocycles. The first-order valence-corrected chi connectivity index (χ1v) is 4.70. The Bertz CT molecular complexity index is 275. The minimum absolute atomic E-state index is 0.119. The molecule has 0 rings (SSSR count). The van der Waals surface area contributed by atoms with Crippen molar-refractivity contribution in [3.05, 3.63) is 0 Å². The molecule has 0 aliphatic rings. The number of hydrogen-bond acceptors (Lipinski definition) is 4. The van der Waals surface area contributed by atoms with Crippen molar-refractivity contribution in [3.8, 4) is 0 Å². The molecule has 0 aromatic heterocycles. The number of carboxylic acids is 2. The van der Waals surface area contributed by atoms with Gasteiger partial charge in [0.05, 0.1) is 13.0 Å². The molecule has 0 aromatic carbocycles. The summed E-state index contributed by atoms with van der Waals surface area (Å²) in [6.07, 6.45) is -1.62. The maximum atomic E-state index is 11.1. The molecule has 1 unspecified atom stereocenters. The van der Waals surface area contributed by atoms with Crippen molar-refractivity contribution >= 4 is 18.0 Å². The number of rotatable bonds is 6. The quantitative estimate of drug-likeness (QED) is 0.608. The van der Waals surface area contributed by atoms with Gasteiger partial charge in [0.25, 0.3) is 0 Å². The Morgan fingerprint density at radius 3 is 2.19 bits per heavy atom. The van der Waals surface area contributed by atoms with Gasteiger partial charge in [0.2, 0.25) is 0 Å². The number of ether oxygens (including phenoxy) is 1. The number of carboxylic acid groups (broad SMARTS) is 2. The van der Waals surface area contributed by atoms with Crippen molar-refractivity contribution in [1.82, 2.24) is 5.32 Å². The summed E-state index contributed by atoms with van der Waals surface area (Å²) in [6.45, 7) is 3.78. The van der Waals surface area contributed by atoms with Crippen LogP contribution in [0.2, 0.25) is 0 Å². The Hall–Kier alpha value is -1.79. The van der Waals surface area contributed by atoms with E-state index in [2.05, 4.69) is 4.74 Å². The number of aliphatic carboxylic acids is 2. The van der Waals surface area contributed by atoms with Crippen molar-refractivity contribution in [2.45, 2.75) is 26.3 Å². The Balaban J connectivity index is 4.13. The Labute approximate surface area is 92.4 Å². The summed E-state index contributed by atoms with van der Waals surface area (Å²) in [5.41, 5.74) is 0. The van der Waals surface area contributed by atoms with Crippen molar-refractivity contribution in [2.75, 3.05) is 6.61 Å². The van der Waals surface area contributed by atoms with Gasteiger partial charge in [0.1, 0.15) is 6.04 Å². The summed E-state index contributed by atoms with van der Waals surface area (Å²) < 4.78 is 4.66. The van der Waals surface area contributed by atoms with Gasteiger partial charge in [-0.2, -0.15) is 0 Å². The van der Waals surface area contributed by atoms with Crippen LogP contribution in [-0.2, 0) is 14.3 Å². The molecular weight excluding hydrogens is 218 g/mol. The zero-order valence-electron chi connectivity index (χ0n) is 9.10. The van der Waals surface area contributed by atoms with Crippen LogP contribution >= 0.6 is 0 Å². The first-order valence-electron chi connectivity index (χ1n) is 4.70. The number of nitrogens with one attached hydrogen (secondary N) is 1. The van der Waals surface area contributed by atoms with E-state index in [0.717, 1.165) is 0 Å². The zero-order chi connectivity index (χ0) is 12.7. The molecule has 3 N–H and O–H groups in total. The van der Waals surface area contributed by atoms with E-state index >= 15 is 0 Å². The Morgan fingerprint density at radius 1 is 1.25 bits per heavy atom. The van der Waals surface area contributed by atoms with Crippen molar-refractivity contribution < 1.29 is 29.3 Å². The highest BCUT2D eigenvalue weighted by Crippen LogP contribution is 1.96. The van der Waals surface area contributed by atoms with Crippen LogP contribution in [0.25, 0.3) is 0 Å². The van der Waals surface area contributed by atoms with Gasteiger partial charge in [-0.25, -0.2) is 9.59 Å². The molecule has 1 atom stereocenters. The third kappa shape index (κ3) is 6.63. The van der Waals surface area contributed by atoms with Crippen LogP contribution in [0.15, 0.2) is 0 Å². The molecule has 0 saturated carbocycles. The smallest absolute Gasteiger partial charge is 0.407 e. The lowest BCUT2D eigenvalue weighted by Crippen LogP contribution is -2.42. The summed E-state index contributed by atoms with van der Waals surface area (Å²) >= 11 is 0. The lowest BCUT2D eigenvalue weighted by Gasteiger charge is -2.13. The number of amides is 1. The molecule has 0 heterocycles. The highest BCUT2D eigenvalue weighted by Gasteiger charge is 2.23. The lowest BCUT2D eigenvalue weighted by molar-refractivity contribution is -0.145. The summed E-state index contributed by atoms with van der Waals surface area (Å²) in [7, 11) is 0. The van der Waals surface area contributed by atoms with Gasteiger partial charge in [-0.3, -0.25) is 4.79 Å². The summed E-state index contributed by atoms with van der Waals surface area (Å²) in [4.78, 5) is 31.9. The molecule has 7 heteroatoms. The molecule has 0 aromatic rings. The molecule has 1 amide bonds. The first-order chi connectivity index (χ1) is 7.32. The predicted octanol–water partition coefficient (Wildman–Crippen LogP) is 0.296. The predicted molar refractivity (Wildman–Crippen MR) is 53.0 cm³/mol. The SMILES string of the molecule is CC(C)COC(=O)NC(CC(=O)O)C(=O)O. The molecule has 0 bridgehead atoms. The molecule has 16 heavy (non-hydrogen) atoms. The molecule has 0 aliphatic heterocycles. The molecule has 92 valence electrons. The second-order valence-corrected chi connectivity index (χ2v) is 3.63. The van der Waals surface area contributed by atoms with Gasteiger partial charge in [0.15, 0.2) is 0 Å². The fourth-order valence-electron chi connectivity index (χ4n) is 0.801. The maximum absolute atomic E-state index is 11.1. The normalized spacial score (nSPS) is 11.9. The van der Waals surface area contributed by atoms with Gasteiger partial charge >= 0.3 is 18.0 Å². The minimum atomic E-state index is -1.47. The van der Waals surface area contributed by atoms with Gasteiger partial charge in [-0.05, 0) is 5.92 Å². The summed E-state index contributed by atoms with van der Waals surface area (Å²) in [6, 6.07) is -1.47. The van der Waals surface area contributed by atoms with Crippen LogP contribution < -0.4 is 5.32 Å². The number of carbonyl (C=O) groups excluding carboxylic acids is 1. The van der Waals surface area contributed by atoms with E-state index in [0.29, 0.717) is 0 Å². The van der Waals surface area contributed by atoms with E-state index in [9.17, 15) is 14.4 Å². The van der Waals surface area contributed by atoms with Crippen LogP contribution in [0, 0.1) is 5.92 Å². The maximum Gasteiger partial charge on any atom is 0.407 e. The van der Waals surface area contributed by atoms with E-state index in [-0.39, 0.29) is 12.5 Å². The zero-order valence-corrected chi connectivity index (χ0v) is 9.10. The number of carbonyl (C=O) groups is 3. The van der Waals surface area contributed by atoms with Crippen LogP contribution in [0.4, 0.5) is 4.79 Å².